The van der Waals surface area contributed by atoms with Crippen molar-refractivity contribution in [1.82, 2.24) is 9.88 Å². The van der Waals surface area contributed by atoms with E-state index in [1.165, 1.54) is 0 Å². The Hall–Kier alpha value is -2.60. The number of hydrogen-bond acceptors (Lipinski definition) is 5. The topological polar surface area (TPSA) is 77.7 Å². The smallest absolute Gasteiger partial charge is 0.258 e. The fraction of sp³-hybridized carbons (Fsp3) is 0.429. The number of hydrogen-bond donors (Lipinski definition) is 1. The number of likely N-dealkylation sites (tertiary alicyclic amines) is 1. The summed E-state index contributed by atoms with van der Waals surface area (Å²) in [5.74, 6) is 1.16. The first-order valence-electron chi connectivity index (χ1n) is 9.47. The summed E-state index contributed by atoms with van der Waals surface area (Å²) in [5.41, 5.74) is 7.01. The van der Waals surface area contributed by atoms with Crippen LogP contribution in [0.25, 0.3) is 0 Å². The normalized spacial score (nSPS) is 16.8. The highest BCUT2D eigenvalue weighted by atomic mass is 16.5. The Morgan fingerprint density at radius 3 is 2.93 bits per heavy atom. The van der Waals surface area contributed by atoms with Crippen LogP contribution in [0, 0.1) is 0 Å². The van der Waals surface area contributed by atoms with Gasteiger partial charge in [0.2, 0.25) is 0 Å². The van der Waals surface area contributed by atoms with Crippen LogP contribution in [0.15, 0.2) is 42.6 Å². The Kier molecular flexibility index (Phi) is 6.65. The van der Waals surface area contributed by atoms with Crippen molar-refractivity contribution in [1.29, 1.82) is 0 Å². The van der Waals surface area contributed by atoms with Gasteiger partial charge in [0, 0.05) is 12.7 Å². The fourth-order valence-electron chi connectivity index (χ4n) is 3.40. The van der Waals surface area contributed by atoms with Gasteiger partial charge in [0.15, 0.2) is 0 Å². The zero-order chi connectivity index (χ0) is 19.1. The molecule has 1 aliphatic rings. The molecule has 2 heterocycles. The maximum Gasteiger partial charge on any atom is 0.258 e. The van der Waals surface area contributed by atoms with Gasteiger partial charge in [0.05, 0.1) is 31.0 Å². The number of piperidine rings is 1. The first-order chi connectivity index (χ1) is 13.2. The van der Waals surface area contributed by atoms with Gasteiger partial charge in [-0.15, -0.1) is 0 Å². The molecule has 2 aromatic rings. The molecule has 144 valence electrons. The van der Waals surface area contributed by atoms with E-state index in [0.29, 0.717) is 36.8 Å². The predicted octanol–water partition coefficient (Wildman–Crippen LogP) is 3.19. The van der Waals surface area contributed by atoms with Crippen LogP contribution in [0.3, 0.4) is 0 Å². The van der Waals surface area contributed by atoms with Crippen LogP contribution in [0.2, 0.25) is 0 Å². The molecular formula is C21H27N3O3. The molecule has 3 rings (SSSR count). The first-order valence-corrected chi connectivity index (χ1v) is 9.47. The van der Waals surface area contributed by atoms with Crippen molar-refractivity contribution in [2.45, 2.75) is 31.7 Å². The summed E-state index contributed by atoms with van der Waals surface area (Å²) in [5, 5.41) is 0. The number of aromatic nitrogens is 1. The monoisotopic (exact) mass is 369 g/mol. The maximum atomic E-state index is 13.4. The number of amides is 1. The lowest BCUT2D eigenvalue weighted by Crippen LogP contribution is -2.39. The van der Waals surface area contributed by atoms with Crippen LogP contribution in [-0.2, 0) is 0 Å². The minimum atomic E-state index is -0.0491. The molecule has 0 saturated carbocycles. The van der Waals surface area contributed by atoms with Crippen LogP contribution in [0.5, 0.6) is 11.5 Å². The second-order valence-electron chi connectivity index (χ2n) is 6.62. The number of carbonyl (C=O) groups is 1. The summed E-state index contributed by atoms with van der Waals surface area (Å²) in [6.07, 6.45) is 5.50. The van der Waals surface area contributed by atoms with E-state index in [-0.39, 0.29) is 11.9 Å². The summed E-state index contributed by atoms with van der Waals surface area (Å²) < 4.78 is 11.2. The van der Waals surface area contributed by atoms with E-state index >= 15 is 0 Å². The number of rotatable bonds is 7. The third-order valence-corrected chi connectivity index (χ3v) is 4.82. The van der Waals surface area contributed by atoms with E-state index < -0.39 is 0 Å². The average molecular weight is 369 g/mol. The van der Waals surface area contributed by atoms with Gasteiger partial charge in [-0.25, -0.2) is 0 Å². The van der Waals surface area contributed by atoms with Gasteiger partial charge in [-0.1, -0.05) is 6.07 Å². The lowest BCUT2D eigenvalue weighted by molar-refractivity contribution is 0.0601. The Bertz CT molecular complexity index is 752. The first kappa shape index (κ1) is 19.2. The van der Waals surface area contributed by atoms with E-state index in [2.05, 4.69) is 4.98 Å². The van der Waals surface area contributed by atoms with Crippen molar-refractivity contribution >= 4 is 5.91 Å². The van der Waals surface area contributed by atoms with Crippen molar-refractivity contribution in [2.24, 2.45) is 5.73 Å². The summed E-state index contributed by atoms with van der Waals surface area (Å²) in [6.45, 7) is 1.74. The molecule has 0 bridgehead atoms. The van der Waals surface area contributed by atoms with Crippen LogP contribution in [0.1, 0.15) is 47.8 Å². The Labute approximate surface area is 160 Å². The van der Waals surface area contributed by atoms with Crippen LogP contribution in [0.4, 0.5) is 0 Å². The van der Waals surface area contributed by atoms with Gasteiger partial charge < -0.3 is 20.1 Å². The zero-order valence-corrected chi connectivity index (χ0v) is 15.8. The Morgan fingerprint density at radius 1 is 1.30 bits per heavy atom. The third-order valence-electron chi connectivity index (χ3n) is 4.82. The van der Waals surface area contributed by atoms with Crippen molar-refractivity contribution in [2.75, 3.05) is 26.8 Å². The summed E-state index contributed by atoms with van der Waals surface area (Å²) in [6, 6.07) is 11.2. The highest BCUT2D eigenvalue weighted by Gasteiger charge is 2.31. The van der Waals surface area contributed by atoms with Gasteiger partial charge in [0.1, 0.15) is 11.5 Å². The third kappa shape index (κ3) is 4.57. The number of nitrogens with zero attached hydrogens (tertiary/aromatic N) is 2. The molecule has 6 heteroatoms. The number of pyridine rings is 1. The molecule has 0 unspecified atom stereocenters. The molecular weight excluding hydrogens is 342 g/mol. The molecule has 27 heavy (non-hydrogen) atoms. The largest absolute Gasteiger partial charge is 0.497 e. The van der Waals surface area contributed by atoms with Crippen LogP contribution < -0.4 is 15.2 Å². The van der Waals surface area contributed by atoms with Crippen LogP contribution in [-0.4, -0.2) is 42.6 Å². The van der Waals surface area contributed by atoms with Gasteiger partial charge in [-0.3, -0.25) is 9.78 Å². The van der Waals surface area contributed by atoms with Gasteiger partial charge in [-0.05, 0) is 62.6 Å². The number of carbonyl (C=O) groups excluding carboxylic acids is 1. The van der Waals surface area contributed by atoms with E-state index in [1.807, 2.05) is 23.1 Å². The molecule has 1 aromatic carbocycles. The predicted molar refractivity (Wildman–Crippen MR) is 104 cm³/mol. The summed E-state index contributed by atoms with van der Waals surface area (Å²) in [4.78, 5) is 19.8. The van der Waals surface area contributed by atoms with Gasteiger partial charge in [-0.2, -0.15) is 0 Å². The van der Waals surface area contributed by atoms with Crippen molar-refractivity contribution in [3.63, 3.8) is 0 Å². The van der Waals surface area contributed by atoms with E-state index in [1.54, 1.807) is 31.5 Å². The number of benzene rings is 1. The highest BCUT2D eigenvalue weighted by Crippen LogP contribution is 2.34. The minimum absolute atomic E-state index is 0.0180. The molecule has 1 saturated heterocycles. The second-order valence-corrected chi connectivity index (χ2v) is 6.62. The standard InChI is InChI=1S/C21H27N3O3/c1-26-16-9-10-20(27-14-6-11-22)17(15-16)21(25)24-13-5-3-8-19(24)18-7-2-4-12-23-18/h2,4,7,9-10,12,15,19H,3,5-6,8,11,13-14,22H2,1H3/t19-/m1/s1. The summed E-state index contributed by atoms with van der Waals surface area (Å²) in [7, 11) is 1.59. The van der Waals surface area contributed by atoms with E-state index in [9.17, 15) is 4.79 Å². The Morgan fingerprint density at radius 2 is 2.19 bits per heavy atom. The molecule has 1 aromatic heterocycles. The molecule has 0 aliphatic carbocycles. The molecule has 1 aliphatic heterocycles. The van der Waals surface area contributed by atoms with E-state index in [0.717, 1.165) is 31.4 Å². The molecule has 1 atom stereocenters. The van der Waals surface area contributed by atoms with Crippen molar-refractivity contribution in [3.8, 4) is 11.5 Å². The fourth-order valence-corrected chi connectivity index (χ4v) is 3.40. The van der Waals surface area contributed by atoms with Crippen molar-refractivity contribution < 1.29 is 14.3 Å². The molecule has 2 N–H and O–H groups in total. The lowest BCUT2D eigenvalue weighted by Gasteiger charge is -2.35. The Balaban J connectivity index is 1.90. The maximum absolute atomic E-state index is 13.4. The summed E-state index contributed by atoms with van der Waals surface area (Å²) >= 11 is 0. The minimum Gasteiger partial charge on any atom is -0.497 e. The van der Waals surface area contributed by atoms with Gasteiger partial charge in [0.25, 0.3) is 5.91 Å². The van der Waals surface area contributed by atoms with Crippen molar-refractivity contribution in [3.05, 3.63) is 53.9 Å². The molecule has 1 amide bonds. The quantitative estimate of drug-likeness (QED) is 0.759. The molecule has 1 fully saturated rings. The molecule has 6 nitrogen and oxygen atoms in total. The van der Waals surface area contributed by atoms with E-state index in [4.69, 9.17) is 15.2 Å². The molecule has 0 radical (unpaired) electrons. The number of methoxy groups -OCH3 is 1. The van der Waals surface area contributed by atoms with Crippen LogP contribution >= 0.6 is 0 Å². The second kappa shape index (κ2) is 9.37. The zero-order valence-electron chi connectivity index (χ0n) is 15.8. The van der Waals surface area contributed by atoms with Gasteiger partial charge >= 0.3 is 0 Å². The number of ether oxygens (including phenoxy) is 2. The highest BCUT2D eigenvalue weighted by molar-refractivity contribution is 5.97. The lowest BCUT2D eigenvalue weighted by atomic mass is 9.97. The average Bonchev–Trinajstić information content (AvgIpc) is 2.74. The molecule has 0 spiro atoms. The number of nitrogens with two attached hydrogens (primary N) is 1. The SMILES string of the molecule is COc1ccc(OCCCN)c(C(=O)N2CCCC[C@@H]2c2ccccn2)c1.